The van der Waals surface area contributed by atoms with Crippen LogP contribution in [0.5, 0.6) is 0 Å². The summed E-state index contributed by atoms with van der Waals surface area (Å²) in [4.78, 5) is 10.2. The molecule has 0 aromatic rings. The van der Waals surface area contributed by atoms with E-state index in [0.717, 1.165) is 12.7 Å². The molecule has 0 aromatic heterocycles. The van der Waals surface area contributed by atoms with Crippen LogP contribution in [0.2, 0.25) is 0 Å². The Balaban J connectivity index is 1.81. The predicted molar refractivity (Wildman–Crippen MR) is 48.1 cm³/mol. The molecule has 70 valence electrons. The van der Waals surface area contributed by atoms with Crippen LogP contribution in [-0.2, 0) is 9.53 Å². The quantitative estimate of drug-likeness (QED) is 0.333. The van der Waals surface area contributed by atoms with Gasteiger partial charge in [-0.25, -0.2) is 0 Å². The van der Waals surface area contributed by atoms with Gasteiger partial charge in [0, 0.05) is 0 Å². The fourth-order valence-corrected chi connectivity index (χ4v) is 1.46. The third-order valence-electron chi connectivity index (χ3n) is 2.35. The molecule has 0 unspecified atom stereocenters. The number of rotatable bonds is 7. The van der Waals surface area contributed by atoms with Crippen LogP contribution in [0.4, 0.5) is 0 Å². The van der Waals surface area contributed by atoms with Gasteiger partial charge < -0.3 is 9.53 Å². The molecule has 0 aromatic carbocycles. The van der Waals surface area contributed by atoms with E-state index < -0.39 is 0 Å². The van der Waals surface area contributed by atoms with E-state index in [1.807, 2.05) is 0 Å². The summed E-state index contributed by atoms with van der Waals surface area (Å²) >= 11 is 0. The number of epoxide rings is 1. The minimum atomic E-state index is -0.0591. The normalized spacial score (nSPS) is 27.1. The van der Waals surface area contributed by atoms with E-state index in [2.05, 4.69) is 6.92 Å². The standard InChI is InChI=1S/C10H18O2/c1-2-3-4-5-6-7-9-10(8-11)12-9/h8-10H,2-7H2,1H3/t9-,10-/m0/s1. The van der Waals surface area contributed by atoms with Gasteiger partial charge in [0.1, 0.15) is 6.10 Å². The minimum absolute atomic E-state index is 0.0591. The summed E-state index contributed by atoms with van der Waals surface area (Å²) in [5.74, 6) is 0. The lowest BCUT2D eigenvalue weighted by Crippen LogP contribution is -1.94. The molecule has 1 aliphatic rings. The molecule has 1 saturated heterocycles. The summed E-state index contributed by atoms with van der Waals surface area (Å²) in [6, 6.07) is 0. The molecular formula is C10H18O2. The Labute approximate surface area is 74.3 Å². The van der Waals surface area contributed by atoms with Crippen molar-refractivity contribution in [2.75, 3.05) is 0 Å². The second-order valence-corrected chi connectivity index (χ2v) is 3.48. The maximum Gasteiger partial charge on any atom is 0.151 e. The van der Waals surface area contributed by atoms with Crippen molar-refractivity contribution < 1.29 is 9.53 Å². The average Bonchev–Trinajstić information content (AvgIpc) is 2.83. The van der Waals surface area contributed by atoms with Crippen molar-refractivity contribution in [1.82, 2.24) is 0 Å². The molecule has 0 spiro atoms. The second-order valence-electron chi connectivity index (χ2n) is 3.48. The third-order valence-corrected chi connectivity index (χ3v) is 2.35. The topological polar surface area (TPSA) is 29.6 Å². The fourth-order valence-electron chi connectivity index (χ4n) is 1.46. The molecule has 0 aliphatic carbocycles. The number of carbonyl (C=O) groups excluding carboxylic acids is 1. The first kappa shape index (κ1) is 9.72. The smallest absolute Gasteiger partial charge is 0.151 e. The summed E-state index contributed by atoms with van der Waals surface area (Å²) in [7, 11) is 0. The Morgan fingerprint density at radius 3 is 2.58 bits per heavy atom. The number of ether oxygens (including phenoxy) is 1. The van der Waals surface area contributed by atoms with Crippen LogP contribution < -0.4 is 0 Å². The molecule has 2 heteroatoms. The Morgan fingerprint density at radius 1 is 1.25 bits per heavy atom. The SMILES string of the molecule is CCCCCCC[C@@H]1O[C@H]1C=O. The Bertz CT molecular complexity index is 134. The van der Waals surface area contributed by atoms with Crippen molar-refractivity contribution in [3.63, 3.8) is 0 Å². The van der Waals surface area contributed by atoms with E-state index in [4.69, 9.17) is 4.74 Å². The number of hydrogen-bond acceptors (Lipinski definition) is 2. The van der Waals surface area contributed by atoms with E-state index in [0.29, 0.717) is 0 Å². The number of hydrogen-bond donors (Lipinski definition) is 0. The summed E-state index contributed by atoms with van der Waals surface area (Å²) in [5, 5.41) is 0. The largest absolute Gasteiger partial charge is 0.362 e. The van der Waals surface area contributed by atoms with Gasteiger partial charge in [-0.2, -0.15) is 0 Å². The lowest BCUT2D eigenvalue weighted by molar-refractivity contribution is -0.108. The Morgan fingerprint density at radius 2 is 2.00 bits per heavy atom. The summed E-state index contributed by atoms with van der Waals surface area (Å²) in [5.41, 5.74) is 0. The molecule has 0 radical (unpaired) electrons. The first-order valence-electron chi connectivity index (χ1n) is 4.99. The average molecular weight is 170 g/mol. The van der Waals surface area contributed by atoms with Crippen LogP contribution in [0.3, 0.4) is 0 Å². The zero-order valence-corrected chi connectivity index (χ0v) is 7.79. The van der Waals surface area contributed by atoms with E-state index in [1.54, 1.807) is 0 Å². The predicted octanol–water partition coefficient (Wildman–Crippen LogP) is 2.31. The minimum Gasteiger partial charge on any atom is -0.362 e. The number of carbonyl (C=O) groups is 1. The van der Waals surface area contributed by atoms with Crippen LogP contribution in [-0.4, -0.2) is 18.5 Å². The molecule has 12 heavy (non-hydrogen) atoms. The molecule has 0 saturated carbocycles. The monoisotopic (exact) mass is 170 g/mol. The van der Waals surface area contributed by atoms with Gasteiger partial charge in [-0.15, -0.1) is 0 Å². The molecule has 1 aliphatic heterocycles. The molecule has 2 nitrogen and oxygen atoms in total. The lowest BCUT2D eigenvalue weighted by atomic mass is 10.1. The van der Waals surface area contributed by atoms with Crippen molar-refractivity contribution in [2.24, 2.45) is 0 Å². The molecular weight excluding hydrogens is 152 g/mol. The van der Waals surface area contributed by atoms with Gasteiger partial charge in [0.2, 0.25) is 0 Å². The highest BCUT2D eigenvalue weighted by Gasteiger charge is 2.37. The number of unbranched alkanes of at least 4 members (excludes halogenated alkanes) is 4. The number of aldehydes is 1. The molecule has 1 rings (SSSR count). The van der Waals surface area contributed by atoms with Crippen LogP contribution in [0.1, 0.15) is 45.4 Å². The third kappa shape index (κ3) is 3.35. The van der Waals surface area contributed by atoms with Crippen molar-refractivity contribution >= 4 is 6.29 Å². The van der Waals surface area contributed by atoms with Crippen molar-refractivity contribution in [3.05, 3.63) is 0 Å². The van der Waals surface area contributed by atoms with Crippen molar-refractivity contribution in [3.8, 4) is 0 Å². The van der Waals surface area contributed by atoms with Crippen LogP contribution in [0, 0.1) is 0 Å². The fraction of sp³-hybridized carbons (Fsp3) is 0.900. The summed E-state index contributed by atoms with van der Waals surface area (Å²) in [6.07, 6.45) is 8.66. The van der Waals surface area contributed by atoms with E-state index in [9.17, 15) is 4.79 Å². The van der Waals surface area contributed by atoms with E-state index >= 15 is 0 Å². The van der Waals surface area contributed by atoms with Gasteiger partial charge in [-0.3, -0.25) is 0 Å². The molecule has 2 atom stereocenters. The molecule has 0 bridgehead atoms. The summed E-state index contributed by atoms with van der Waals surface area (Å²) in [6.45, 7) is 2.21. The zero-order valence-electron chi connectivity index (χ0n) is 7.79. The van der Waals surface area contributed by atoms with E-state index in [1.165, 1.54) is 32.1 Å². The lowest BCUT2D eigenvalue weighted by Gasteiger charge is -1.96. The van der Waals surface area contributed by atoms with Crippen molar-refractivity contribution in [1.29, 1.82) is 0 Å². The molecule has 0 N–H and O–H groups in total. The van der Waals surface area contributed by atoms with Gasteiger partial charge in [0.25, 0.3) is 0 Å². The van der Waals surface area contributed by atoms with Crippen LogP contribution in [0.15, 0.2) is 0 Å². The van der Waals surface area contributed by atoms with Gasteiger partial charge in [-0.05, 0) is 6.42 Å². The molecule has 1 fully saturated rings. The first-order valence-corrected chi connectivity index (χ1v) is 4.99. The second kappa shape index (κ2) is 5.31. The highest BCUT2D eigenvalue weighted by Crippen LogP contribution is 2.25. The molecule has 0 amide bonds. The van der Waals surface area contributed by atoms with Gasteiger partial charge in [-0.1, -0.05) is 39.0 Å². The Hall–Kier alpha value is -0.370. The van der Waals surface area contributed by atoms with Crippen molar-refractivity contribution in [2.45, 2.75) is 57.7 Å². The van der Waals surface area contributed by atoms with Gasteiger partial charge >= 0.3 is 0 Å². The van der Waals surface area contributed by atoms with E-state index in [-0.39, 0.29) is 12.2 Å². The molecule has 1 heterocycles. The highest BCUT2D eigenvalue weighted by molar-refractivity contribution is 5.60. The maximum atomic E-state index is 10.2. The first-order chi connectivity index (χ1) is 5.88. The van der Waals surface area contributed by atoms with Gasteiger partial charge in [0.05, 0.1) is 6.10 Å². The van der Waals surface area contributed by atoms with Crippen LogP contribution >= 0.6 is 0 Å². The Kier molecular flexibility index (Phi) is 4.30. The van der Waals surface area contributed by atoms with Gasteiger partial charge in [0.15, 0.2) is 6.29 Å². The highest BCUT2D eigenvalue weighted by atomic mass is 16.6. The van der Waals surface area contributed by atoms with Crippen LogP contribution in [0.25, 0.3) is 0 Å². The summed E-state index contributed by atoms with van der Waals surface area (Å²) < 4.78 is 5.10. The maximum absolute atomic E-state index is 10.2. The zero-order chi connectivity index (χ0) is 8.81.